The number of esters is 1. The lowest BCUT2D eigenvalue weighted by molar-refractivity contribution is -0.384. The summed E-state index contributed by atoms with van der Waals surface area (Å²) in [6.45, 7) is 2.00. The molecule has 0 radical (unpaired) electrons. The molecule has 18 heavy (non-hydrogen) atoms. The molecule has 0 aliphatic carbocycles. The average molecular weight is 275 g/mol. The first-order valence-corrected chi connectivity index (χ1v) is 5.20. The number of non-ortho nitro benzene ring substituents is 1. The third kappa shape index (κ3) is 4.68. The second-order valence-corrected chi connectivity index (χ2v) is 3.47. The summed E-state index contributed by atoms with van der Waals surface area (Å²) >= 11 is 0. The van der Waals surface area contributed by atoms with Gasteiger partial charge in [0.15, 0.2) is 0 Å². The van der Waals surface area contributed by atoms with E-state index in [0.717, 1.165) is 0 Å². The lowest BCUT2D eigenvalue weighted by Gasteiger charge is -2.10. The largest absolute Gasteiger partial charge is 0.466 e. The predicted octanol–water partition coefficient (Wildman–Crippen LogP) is 1.97. The zero-order chi connectivity index (χ0) is 12.8. The molecule has 0 saturated carbocycles. The summed E-state index contributed by atoms with van der Waals surface area (Å²) in [6, 6.07) is 5.34. The lowest BCUT2D eigenvalue weighted by atomic mass is 10.0. The van der Waals surface area contributed by atoms with Gasteiger partial charge in [0, 0.05) is 18.2 Å². The number of hydrogen-bond acceptors (Lipinski definition) is 5. The van der Waals surface area contributed by atoms with Crippen LogP contribution < -0.4 is 5.73 Å². The molecule has 0 bridgehead atoms. The summed E-state index contributed by atoms with van der Waals surface area (Å²) in [5, 5.41) is 10.6. The van der Waals surface area contributed by atoms with E-state index in [-0.39, 0.29) is 24.5 Å². The van der Waals surface area contributed by atoms with Crippen LogP contribution in [0.3, 0.4) is 0 Å². The molecule has 0 saturated heterocycles. The van der Waals surface area contributed by atoms with E-state index < -0.39 is 16.9 Å². The molecule has 7 heteroatoms. The molecule has 0 aliphatic rings. The topological polar surface area (TPSA) is 95.5 Å². The van der Waals surface area contributed by atoms with Gasteiger partial charge in [-0.15, -0.1) is 12.4 Å². The molecule has 0 fully saturated rings. The molecule has 0 aliphatic heterocycles. The first-order valence-electron chi connectivity index (χ1n) is 5.20. The predicted molar refractivity (Wildman–Crippen MR) is 68.5 cm³/mol. The minimum atomic E-state index is -0.589. The molecule has 0 heterocycles. The zero-order valence-corrected chi connectivity index (χ0v) is 10.7. The highest BCUT2D eigenvalue weighted by Crippen LogP contribution is 2.20. The van der Waals surface area contributed by atoms with Gasteiger partial charge in [0.25, 0.3) is 5.69 Å². The summed E-state index contributed by atoms with van der Waals surface area (Å²) in [7, 11) is 0. The van der Waals surface area contributed by atoms with Gasteiger partial charge in [0.2, 0.25) is 0 Å². The molecule has 1 atom stereocenters. The number of hydrogen-bond donors (Lipinski definition) is 1. The van der Waals surface area contributed by atoms with Crippen molar-refractivity contribution in [3.63, 3.8) is 0 Å². The van der Waals surface area contributed by atoms with Crippen LogP contribution in [0.1, 0.15) is 24.9 Å². The number of carbonyl (C=O) groups is 1. The average Bonchev–Trinajstić information content (AvgIpc) is 2.29. The minimum absolute atomic E-state index is 0. The van der Waals surface area contributed by atoms with Crippen LogP contribution in [-0.2, 0) is 9.53 Å². The summed E-state index contributed by atoms with van der Waals surface area (Å²) in [5.41, 5.74) is 6.28. The van der Waals surface area contributed by atoms with Gasteiger partial charge in [-0.2, -0.15) is 0 Å². The number of nitro groups is 1. The van der Waals surface area contributed by atoms with Crippen LogP contribution >= 0.6 is 12.4 Å². The number of nitrogens with zero attached hydrogens (tertiary/aromatic N) is 1. The van der Waals surface area contributed by atoms with Gasteiger partial charge in [-0.25, -0.2) is 0 Å². The fourth-order valence-corrected chi connectivity index (χ4v) is 1.39. The maximum absolute atomic E-state index is 11.2. The summed E-state index contributed by atoms with van der Waals surface area (Å²) in [6.07, 6.45) is 0.00894. The highest BCUT2D eigenvalue weighted by atomic mass is 35.5. The maximum atomic E-state index is 11.2. The first-order chi connectivity index (χ1) is 8.04. The fraction of sp³-hybridized carbons (Fsp3) is 0.364. The molecule has 1 aromatic rings. The van der Waals surface area contributed by atoms with Crippen molar-refractivity contribution in [2.75, 3.05) is 6.61 Å². The molecule has 2 N–H and O–H groups in total. The second kappa shape index (κ2) is 7.62. The molecular formula is C11H15ClN2O4. The van der Waals surface area contributed by atoms with Gasteiger partial charge in [0.1, 0.15) is 0 Å². The Morgan fingerprint density at radius 1 is 1.56 bits per heavy atom. The maximum Gasteiger partial charge on any atom is 0.307 e. The number of rotatable bonds is 5. The lowest BCUT2D eigenvalue weighted by Crippen LogP contribution is -2.17. The summed E-state index contributed by atoms with van der Waals surface area (Å²) in [4.78, 5) is 21.3. The molecule has 6 nitrogen and oxygen atoms in total. The van der Waals surface area contributed by atoms with Gasteiger partial charge in [-0.3, -0.25) is 14.9 Å². The van der Waals surface area contributed by atoms with Gasteiger partial charge in [-0.05, 0) is 12.5 Å². The second-order valence-electron chi connectivity index (χ2n) is 3.47. The highest BCUT2D eigenvalue weighted by molar-refractivity contribution is 5.85. The van der Waals surface area contributed by atoms with Crippen molar-refractivity contribution in [1.29, 1.82) is 0 Å². The molecule has 0 spiro atoms. The Morgan fingerprint density at radius 3 is 2.78 bits per heavy atom. The monoisotopic (exact) mass is 274 g/mol. The summed E-state index contributed by atoms with van der Waals surface area (Å²) in [5.74, 6) is -0.411. The Morgan fingerprint density at radius 2 is 2.22 bits per heavy atom. The highest BCUT2D eigenvalue weighted by Gasteiger charge is 2.15. The van der Waals surface area contributed by atoms with E-state index in [1.165, 1.54) is 12.1 Å². The normalized spacial score (nSPS) is 11.2. The Kier molecular flexibility index (Phi) is 6.92. The van der Waals surface area contributed by atoms with E-state index in [4.69, 9.17) is 10.5 Å². The van der Waals surface area contributed by atoms with Crippen LogP contribution in [0.25, 0.3) is 0 Å². The van der Waals surface area contributed by atoms with Crippen LogP contribution in [0.2, 0.25) is 0 Å². The minimum Gasteiger partial charge on any atom is -0.466 e. The molecule has 0 aromatic heterocycles. The van der Waals surface area contributed by atoms with Crippen molar-refractivity contribution in [3.8, 4) is 0 Å². The van der Waals surface area contributed by atoms with Gasteiger partial charge in [0.05, 0.1) is 18.0 Å². The van der Waals surface area contributed by atoms with Crippen molar-refractivity contribution in [2.45, 2.75) is 19.4 Å². The smallest absolute Gasteiger partial charge is 0.307 e. The Labute approximate surface area is 111 Å². The van der Waals surface area contributed by atoms with Gasteiger partial charge < -0.3 is 10.5 Å². The van der Waals surface area contributed by atoms with Crippen LogP contribution in [0.5, 0.6) is 0 Å². The zero-order valence-electron chi connectivity index (χ0n) is 9.87. The van der Waals surface area contributed by atoms with Crippen molar-refractivity contribution < 1.29 is 14.5 Å². The standard InChI is InChI=1S/C11H14N2O4.ClH/c1-2-17-11(14)7-10(12)8-4-3-5-9(6-8)13(15)16;/h3-6,10H,2,7,12H2,1H3;1H/t10-;/m1./s1. The molecule has 100 valence electrons. The summed E-state index contributed by atoms with van der Waals surface area (Å²) < 4.78 is 4.76. The van der Waals surface area contributed by atoms with Crippen molar-refractivity contribution in [3.05, 3.63) is 39.9 Å². The molecule has 0 amide bonds. The Balaban J connectivity index is 0.00000289. The third-order valence-electron chi connectivity index (χ3n) is 2.20. The SMILES string of the molecule is CCOC(=O)C[C@@H](N)c1cccc([N+](=O)[O-])c1.Cl. The van der Waals surface area contributed by atoms with Gasteiger partial charge >= 0.3 is 5.97 Å². The third-order valence-corrected chi connectivity index (χ3v) is 2.20. The van der Waals surface area contributed by atoms with Crippen molar-refractivity contribution in [1.82, 2.24) is 0 Å². The number of benzene rings is 1. The first kappa shape index (κ1) is 16.3. The van der Waals surface area contributed by atoms with E-state index in [1.807, 2.05) is 0 Å². The van der Waals surface area contributed by atoms with Crippen molar-refractivity contribution in [2.24, 2.45) is 5.73 Å². The number of halogens is 1. The fourth-order valence-electron chi connectivity index (χ4n) is 1.39. The quantitative estimate of drug-likeness (QED) is 0.503. The van der Waals surface area contributed by atoms with Crippen LogP contribution in [-0.4, -0.2) is 17.5 Å². The van der Waals surface area contributed by atoms with E-state index in [9.17, 15) is 14.9 Å². The van der Waals surface area contributed by atoms with Crippen LogP contribution in [0.15, 0.2) is 24.3 Å². The number of nitrogens with two attached hydrogens (primary N) is 1. The number of nitro benzene ring substituents is 1. The molecule has 0 unspecified atom stereocenters. The van der Waals surface area contributed by atoms with Crippen LogP contribution in [0, 0.1) is 10.1 Å². The Hall–Kier alpha value is -1.66. The van der Waals surface area contributed by atoms with Crippen LogP contribution in [0.4, 0.5) is 5.69 Å². The van der Waals surface area contributed by atoms with E-state index in [2.05, 4.69) is 0 Å². The van der Waals surface area contributed by atoms with Crippen molar-refractivity contribution >= 4 is 24.1 Å². The van der Waals surface area contributed by atoms with E-state index in [1.54, 1.807) is 19.1 Å². The number of carbonyl (C=O) groups excluding carboxylic acids is 1. The van der Waals surface area contributed by atoms with Gasteiger partial charge in [-0.1, -0.05) is 12.1 Å². The molecule has 1 rings (SSSR count). The molecular weight excluding hydrogens is 260 g/mol. The Bertz CT molecular complexity index is 425. The number of ether oxygens (including phenoxy) is 1. The molecule has 1 aromatic carbocycles. The van der Waals surface area contributed by atoms with E-state index in [0.29, 0.717) is 12.2 Å². The van der Waals surface area contributed by atoms with E-state index >= 15 is 0 Å².